The molecule has 0 unspecified atom stereocenters. The fourth-order valence-corrected chi connectivity index (χ4v) is 3.62. The summed E-state index contributed by atoms with van der Waals surface area (Å²) < 4.78 is 16.9. The monoisotopic (exact) mass is 362 g/mol. The lowest BCUT2D eigenvalue weighted by Crippen LogP contribution is -2.14. The topological polar surface area (TPSA) is 44.8 Å². The van der Waals surface area contributed by atoms with Crippen LogP contribution >= 0.6 is 22.9 Å². The van der Waals surface area contributed by atoms with Gasteiger partial charge in [0.1, 0.15) is 6.61 Å². The van der Waals surface area contributed by atoms with E-state index in [9.17, 15) is 4.79 Å². The summed E-state index contributed by atoms with van der Waals surface area (Å²) in [5.41, 5.74) is 0. The summed E-state index contributed by atoms with van der Waals surface area (Å²) in [7, 11) is 1.55. The molecular weight excluding hydrogens is 348 g/mol. The van der Waals surface area contributed by atoms with Gasteiger partial charge in [0.15, 0.2) is 18.1 Å². The predicted octanol–water partition coefficient (Wildman–Crippen LogP) is 4.69. The smallest absolute Gasteiger partial charge is 0.344 e. The summed E-state index contributed by atoms with van der Waals surface area (Å²) in [6, 6.07) is 14.9. The number of esters is 1. The SMILES string of the molecule is COc1ccccc1OCC(=O)OCc1sc2ccccc2c1Cl. The van der Waals surface area contributed by atoms with E-state index in [0.29, 0.717) is 16.5 Å². The van der Waals surface area contributed by atoms with E-state index in [1.807, 2.05) is 30.3 Å². The van der Waals surface area contributed by atoms with E-state index in [2.05, 4.69) is 0 Å². The molecule has 3 aromatic rings. The first-order valence-electron chi connectivity index (χ1n) is 7.26. The Morgan fingerprint density at radius 1 is 1.08 bits per heavy atom. The zero-order chi connectivity index (χ0) is 16.9. The summed E-state index contributed by atoms with van der Waals surface area (Å²) in [5.74, 6) is 0.601. The third-order valence-corrected chi connectivity index (χ3v) is 5.07. The van der Waals surface area contributed by atoms with Gasteiger partial charge in [0.2, 0.25) is 0 Å². The van der Waals surface area contributed by atoms with Crippen molar-refractivity contribution in [2.24, 2.45) is 0 Å². The number of carbonyl (C=O) groups excluding carboxylic acids is 1. The number of benzene rings is 2. The van der Waals surface area contributed by atoms with Crippen molar-refractivity contribution in [1.82, 2.24) is 0 Å². The zero-order valence-electron chi connectivity index (χ0n) is 13.0. The second-order valence-corrected chi connectivity index (χ2v) is 6.45. The Labute approximate surface area is 148 Å². The third kappa shape index (κ3) is 3.63. The van der Waals surface area contributed by atoms with Crippen LogP contribution in [0.1, 0.15) is 4.88 Å². The highest BCUT2D eigenvalue weighted by Gasteiger charge is 2.13. The summed E-state index contributed by atoms with van der Waals surface area (Å²) >= 11 is 7.84. The number of para-hydroxylation sites is 2. The average Bonchev–Trinajstić information content (AvgIpc) is 2.94. The molecule has 4 nitrogen and oxygen atoms in total. The maximum atomic E-state index is 11.9. The summed E-state index contributed by atoms with van der Waals surface area (Å²) in [5, 5.41) is 1.61. The molecule has 6 heteroatoms. The molecule has 0 atom stereocenters. The Balaban J connectivity index is 1.58. The van der Waals surface area contributed by atoms with Crippen LogP contribution in [0, 0.1) is 0 Å². The van der Waals surface area contributed by atoms with Crippen molar-refractivity contribution in [3.63, 3.8) is 0 Å². The molecule has 0 bridgehead atoms. The molecule has 1 aromatic heterocycles. The van der Waals surface area contributed by atoms with E-state index in [-0.39, 0.29) is 13.2 Å². The number of hydrogen-bond acceptors (Lipinski definition) is 5. The minimum absolute atomic E-state index is 0.131. The standard InChI is InChI=1S/C18H15ClO4S/c1-21-13-7-3-4-8-14(13)22-11-17(20)23-10-16-18(19)12-6-2-5-9-15(12)24-16/h2-9H,10-11H2,1H3. The second-order valence-electron chi connectivity index (χ2n) is 4.94. The van der Waals surface area contributed by atoms with Crippen LogP contribution in [0.5, 0.6) is 11.5 Å². The lowest BCUT2D eigenvalue weighted by atomic mass is 10.2. The number of hydrogen-bond donors (Lipinski definition) is 0. The largest absolute Gasteiger partial charge is 0.493 e. The average molecular weight is 363 g/mol. The van der Waals surface area contributed by atoms with Crippen LogP contribution in [-0.2, 0) is 16.1 Å². The first kappa shape index (κ1) is 16.6. The molecule has 0 saturated heterocycles. The van der Waals surface area contributed by atoms with Gasteiger partial charge in [0, 0.05) is 10.1 Å². The van der Waals surface area contributed by atoms with E-state index in [1.54, 1.807) is 25.3 Å². The molecule has 0 N–H and O–H groups in total. The maximum absolute atomic E-state index is 11.9. The van der Waals surface area contributed by atoms with Crippen molar-refractivity contribution in [1.29, 1.82) is 0 Å². The van der Waals surface area contributed by atoms with Crippen molar-refractivity contribution in [3.8, 4) is 11.5 Å². The van der Waals surface area contributed by atoms with Crippen LogP contribution in [0.3, 0.4) is 0 Å². The first-order chi connectivity index (χ1) is 11.7. The molecule has 3 rings (SSSR count). The Hall–Kier alpha value is -2.24. The Kier molecular flexibility index (Phi) is 5.23. The van der Waals surface area contributed by atoms with Gasteiger partial charge < -0.3 is 14.2 Å². The molecule has 0 spiro atoms. The summed E-state index contributed by atoms with van der Waals surface area (Å²) in [6.45, 7) is -0.0603. The van der Waals surface area contributed by atoms with Gasteiger partial charge in [-0.25, -0.2) is 4.79 Å². The van der Waals surface area contributed by atoms with E-state index < -0.39 is 5.97 Å². The van der Waals surface area contributed by atoms with Gasteiger partial charge in [-0.2, -0.15) is 0 Å². The van der Waals surface area contributed by atoms with Crippen LogP contribution in [0.4, 0.5) is 0 Å². The molecule has 1 heterocycles. The van der Waals surface area contributed by atoms with Crippen molar-refractivity contribution in [2.75, 3.05) is 13.7 Å². The number of ether oxygens (including phenoxy) is 3. The second kappa shape index (κ2) is 7.55. The van der Waals surface area contributed by atoms with Gasteiger partial charge in [0.25, 0.3) is 0 Å². The fourth-order valence-electron chi connectivity index (χ4n) is 2.22. The van der Waals surface area contributed by atoms with Gasteiger partial charge in [0.05, 0.1) is 17.0 Å². The first-order valence-corrected chi connectivity index (χ1v) is 8.46. The lowest BCUT2D eigenvalue weighted by Gasteiger charge is -2.09. The van der Waals surface area contributed by atoms with Gasteiger partial charge in [-0.3, -0.25) is 0 Å². The minimum Gasteiger partial charge on any atom is -0.493 e. The predicted molar refractivity (Wildman–Crippen MR) is 95.1 cm³/mol. The third-order valence-electron chi connectivity index (χ3n) is 3.38. The molecule has 0 fully saturated rings. The fraction of sp³-hybridized carbons (Fsp3) is 0.167. The number of fused-ring (bicyclic) bond motifs is 1. The van der Waals surface area contributed by atoms with E-state index in [4.69, 9.17) is 25.8 Å². The minimum atomic E-state index is -0.463. The summed E-state index contributed by atoms with van der Waals surface area (Å²) in [6.07, 6.45) is 0. The van der Waals surface area contributed by atoms with E-state index in [1.165, 1.54) is 11.3 Å². The highest BCUT2D eigenvalue weighted by atomic mass is 35.5. The molecule has 24 heavy (non-hydrogen) atoms. The number of methoxy groups -OCH3 is 1. The molecule has 0 aliphatic carbocycles. The molecule has 0 saturated carbocycles. The number of thiophene rings is 1. The van der Waals surface area contributed by atoms with Crippen molar-refractivity contribution >= 4 is 39.0 Å². The van der Waals surface area contributed by atoms with Gasteiger partial charge in [-0.1, -0.05) is 41.9 Å². The van der Waals surface area contributed by atoms with Gasteiger partial charge in [-0.05, 0) is 18.2 Å². The highest BCUT2D eigenvalue weighted by molar-refractivity contribution is 7.19. The Morgan fingerprint density at radius 3 is 2.54 bits per heavy atom. The highest BCUT2D eigenvalue weighted by Crippen LogP contribution is 2.35. The van der Waals surface area contributed by atoms with E-state index >= 15 is 0 Å². The normalized spacial score (nSPS) is 10.6. The molecule has 0 aliphatic rings. The summed E-state index contributed by atoms with van der Waals surface area (Å²) in [4.78, 5) is 12.7. The van der Waals surface area contributed by atoms with Gasteiger partial charge >= 0.3 is 5.97 Å². The number of carbonyl (C=O) groups is 1. The number of halogens is 1. The zero-order valence-corrected chi connectivity index (χ0v) is 14.5. The molecule has 0 aliphatic heterocycles. The van der Waals surface area contributed by atoms with Gasteiger partial charge in [-0.15, -0.1) is 11.3 Å². The maximum Gasteiger partial charge on any atom is 0.344 e. The van der Waals surface area contributed by atoms with E-state index in [0.717, 1.165) is 15.0 Å². The Morgan fingerprint density at radius 2 is 1.79 bits per heavy atom. The van der Waals surface area contributed by atoms with Crippen LogP contribution in [-0.4, -0.2) is 19.7 Å². The molecule has 2 aromatic carbocycles. The molecule has 0 amide bonds. The molecule has 0 radical (unpaired) electrons. The molecule has 124 valence electrons. The van der Waals surface area contributed by atoms with Crippen molar-refractivity contribution < 1.29 is 19.0 Å². The quantitative estimate of drug-likeness (QED) is 0.597. The van der Waals surface area contributed by atoms with Crippen LogP contribution in [0.15, 0.2) is 48.5 Å². The van der Waals surface area contributed by atoms with Crippen LogP contribution in [0.25, 0.3) is 10.1 Å². The van der Waals surface area contributed by atoms with Crippen molar-refractivity contribution in [2.45, 2.75) is 6.61 Å². The van der Waals surface area contributed by atoms with Crippen LogP contribution in [0.2, 0.25) is 5.02 Å². The van der Waals surface area contributed by atoms with Crippen molar-refractivity contribution in [3.05, 3.63) is 58.4 Å². The van der Waals surface area contributed by atoms with Crippen LogP contribution < -0.4 is 9.47 Å². The lowest BCUT2D eigenvalue weighted by molar-refractivity contribution is -0.147. The number of rotatable bonds is 6. The Bertz CT molecular complexity index is 859. The molecular formula is C18H15ClO4S.